The highest BCUT2D eigenvalue weighted by atomic mass is 19.1. The summed E-state index contributed by atoms with van der Waals surface area (Å²) in [6.07, 6.45) is 9.48. The number of benzene rings is 3. The van der Waals surface area contributed by atoms with Crippen LogP contribution in [0.3, 0.4) is 0 Å². The number of aliphatic hydroxyl groups excluding tert-OH is 2. The van der Waals surface area contributed by atoms with Crippen molar-refractivity contribution in [2.75, 3.05) is 33.2 Å². The van der Waals surface area contributed by atoms with Crippen LogP contribution in [0.5, 0.6) is 23.0 Å². The Morgan fingerprint density at radius 3 is 2.49 bits per heavy atom. The summed E-state index contributed by atoms with van der Waals surface area (Å²) >= 11 is 0. The van der Waals surface area contributed by atoms with Crippen molar-refractivity contribution in [1.82, 2.24) is 4.90 Å². The molecule has 0 radical (unpaired) electrons. The fourth-order valence-electron chi connectivity index (χ4n) is 9.54. The van der Waals surface area contributed by atoms with Crippen molar-refractivity contribution in [2.45, 2.75) is 109 Å². The molecule has 3 aromatic rings. The molecule has 12 heteroatoms. The molecule has 4 aliphatic rings. The third kappa shape index (κ3) is 9.46. The summed E-state index contributed by atoms with van der Waals surface area (Å²) in [6.45, 7) is 12.8. The Kier molecular flexibility index (Phi) is 14.1. The van der Waals surface area contributed by atoms with Gasteiger partial charge in [0.05, 0.1) is 18.2 Å². The van der Waals surface area contributed by atoms with Crippen molar-refractivity contribution < 1.29 is 47.9 Å². The molecule has 6 atom stereocenters. The molecule has 0 spiro atoms. The third-order valence-corrected chi connectivity index (χ3v) is 12.1. The Hall–Kier alpha value is -4.91. The molecule has 1 saturated carbocycles. The number of ether oxygens (including phenoxy) is 5. The minimum absolute atomic E-state index is 0.0305. The predicted molar refractivity (Wildman–Crippen MR) is 230 cm³/mol. The van der Waals surface area contributed by atoms with Gasteiger partial charge in [-0.2, -0.15) is 0 Å². The summed E-state index contributed by atoms with van der Waals surface area (Å²) < 4.78 is 46.8. The molecule has 2 N–H and O–H groups in total. The molecule has 0 bridgehead atoms. The van der Waals surface area contributed by atoms with Crippen molar-refractivity contribution in [3.63, 3.8) is 0 Å². The van der Waals surface area contributed by atoms with Crippen LogP contribution in [0.15, 0.2) is 90.1 Å². The summed E-state index contributed by atoms with van der Waals surface area (Å²) in [7, 11) is 0. The molecule has 11 nitrogen and oxygen atoms in total. The fourth-order valence-corrected chi connectivity index (χ4v) is 9.54. The molecule has 6 unspecified atom stereocenters. The Morgan fingerprint density at radius 2 is 1.75 bits per heavy atom. The monoisotopic (exact) mass is 840 g/mol. The number of unbranched alkanes of at least 4 members (excludes halogenated alkanes) is 2. The molecule has 3 aromatic carbocycles. The van der Waals surface area contributed by atoms with E-state index in [2.05, 4.69) is 12.7 Å². The van der Waals surface area contributed by atoms with Gasteiger partial charge in [0.2, 0.25) is 12.6 Å². The number of oxime groups is 1. The van der Waals surface area contributed by atoms with Crippen LogP contribution in [-0.2, 0) is 16.2 Å². The van der Waals surface area contributed by atoms with E-state index in [0.717, 1.165) is 36.8 Å². The van der Waals surface area contributed by atoms with Gasteiger partial charge in [0.15, 0.2) is 11.5 Å². The van der Waals surface area contributed by atoms with Crippen molar-refractivity contribution >= 4 is 11.6 Å². The lowest BCUT2D eigenvalue weighted by molar-refractivity contribution is -0.254. The van der Waals surface area contributed by atoms with E-state index < -0.39 is 23.3 Å². The number of rotatable bonds is 19. The zero-order chi connectivity index (χ0) is 43.1. The second-order valence-corrected chi connectivity index (χ2v) is 17.4. The van der Waals surface area contributed by atoms with Crippen molar-refractivity contribution in [3.8, 4) is 23.0 Å². The number of aliphatic hydroxyl groups is 2. The average Bonchev–Trinajstić information content (AvgIpc) is 3.73. The SMILES string of the molecule is C=CCOC12Oc3ccc(OCc4ccccc4F)cc3C3C(CCCCO)C(CCCCO)C=C(C(=NOC(C)(C)C)CC1N(CCC)C(=O)c1ccc4c(c1)OCO4)C32. The smallest absolute Gasteiger partial charge is 0.254 e. The first kappa shape index (κ1) is 44.2. The van der Waals surface area contributed by atoms with Crippen LogP contribution >= 0.6 is 0 Å². The summed E-state index contributed by atoms with van der Waals surface area (Å²) in [4.78, 5) is 23.2. The number of carbonyl (C=O) groups excluding carboxylic acids is 1. The number of halogens is 1. The molecule has 2 aliphatic carbocycles. The minimum Gasteiger partial charge on any atom is -0.489 e. The highest BCUT2D eigenvalue weighted by molar-refractivity contribution is 6.03. The van der Waals surface area contributed by atoms with E-state index in [4.69, 9.17) is 33.7 Å². The molecule has 7 rings (SSSR count). The van der Waals surface area contributed by atoms with Gasteiger partial charge in [0.1, 0.15) is 35.6 Å². The van der Waals surface area contributed by atoms with Gasteiger partial charge in [0.25, 0.3) is 5.91 Å². The molecule has 0 aromatic heterocycles. The Balaban J connectivity index is 1.43. The van der Waals surface area contributed by atoms with Crippen LogP contribution in [0, 0.1) is 23.6 Å². The molecular formula is C49H61FN2O9. The molecule has 2 aliphatic heterocycles. The highest BCUT2D eigenvalue weighted by Gasteiger charge is 2.65. The molecule has 61 heavy (non-hydrogen) atoms. The number of amides is 1. The van der Waals surface area contributed by atoms with E-state index in [1.807, 2.05) is 50.8 Å². The topological polar surface area (TPSA) is 129 Å². The van der Waals surface area contributed by atoms with Crippen molar-refractivity contribution in [1.29, 1.82) is 0 Å². The number of hydrogen-bond donors (Lipinski definition) is 2. The first-order valence-electron chi connectivity index (χ1n) is 21.8. The molecule has 0 saturated heterocycles. The normalized spacial score (nSPS) is 24.3. The number of carbonyl (C=O) groups is 1. The van der Waals surface area contributed by atoms with E-state index in [0.29, 0.717) is 65.6 Å². The quantitative estimate of drug-likeness (QED) is 0.0690. The van der Waals surface area contributed by atoms with Gasteiger partial charge in [0, 0.05) is 48.8 Å². The molecule has 1 amide bonds. The third-order valence-electron chi connectivity index (χ3n) is 12.1. The summed E-state index contributed by atoms with van der Waals surface area (Å²) in [5.74, 6) is -0.338. The molecule has 328 valence electrons. The lowest BCUT2D eigenvalue weighted by Gasteiger charge is -2.60. The van der Waals surface area contributed by atoms with Gasteiger partial charge in [-0.1, -0.05) is 55.3 Å². The number of allylic oxidation sites excluding steroid dienone is 1. The van der Waals surface area contributed by atoms with Crippen LogP contribution in [0.4, 0.5) is 4.39 Å². The zero-order valence-electron chi connectivity index (χ0n) is 35.9. The number of fused-ring (bicyclic) bond motifs is 3. The second kappa shape index (κ2) is 19.4. The molecule has 2 heterocycles. The maximum Gasteiger partial charge on any atom is 0.254 e. The zero-order valence-corrected chi connectivity index (χ0v) is 35.9. The maximum atomic E-state index is 15.1. The van der Waals surface area contributed by atoms with E-state index in [-0.39, 0.29) is 69.1 Å². The first-order chi connectivity index (χ1) is 29.5. The van der Waals surface area contributed by atoms with Crippen LogP contribution < -0.4 is 18.9 Å². The van der Waals surface area contributed by atoms with Gasteiger partial charge in [-0.15, -0.1) is 6.58 Å². The molecular weight excluding hydrogens is 780 g/mol. The van der Waals surface area contributed by atoms with Crippen LogP contribution in [0.1, 0.15) is 106 Å². The Bertz CT molecular complexity index is 2080. The lowest BCUT2D eigenvalue weighted by Crippen LogP contribution is -2.70. The summed E-state index contributed by atoms with van der Waals surface area (Å²) in [5, 5.41) is 24.8. The van der Waals surface area contributed by atoms with Gasteiger partial charge < -0.3 is 43.6 Å². The molecule has 1 fully saturated rings. The van der Waals surface area contributed by atoms with Gasteiger partial charge in [-0.05, 0) is 113 Å². The van der Waals surface area contributed by atoms with Gasteiger partial charge in [-0.25, -0.2) is 4.39 Å². The Labute approximate surface area is 359 Å². The predicted octanol–water partition coefficient (Wildman–Crippen LogP) is 9.12. The van der Waals surface area contributed by atoms with Crippen molar-refractivity contribution in [3.05, 3.63) is 107 Å². The van der Waals surface area contributed by atoms with E-state index >= 15 is 4.79 Å². The first-order valence-corrected chi connectivity index (χ1v) is 21.8. The largest absolute Gasteiger partial charge is 0.489 e. The summed E-state index contributed by atoms with van der Waals surface area (Å²) in [6, 6.07) is 16.9. The second-order valence-electron chi connectivity index (χ2n) is 17.4. The van der Waals surface area contributed by atoms with E-state index in [9.17, 15) is 14.6 Å². The van der Waals surface area contributed by atoms with Crippen LogP contribution in [-0.4, -0.2) is 77.3 Å². The van der Waals surface area contributed by atoms with E-state index in [1.54, 1.807) is 42.5 Å². The number of nitrogens with zero attached hydrogens (tertiary/aromatic N) is 2. The summed E-state index contributed by atoms with van der Waals surface area (Å²) in [5.41, 5.74) is 2.86. The van der Waals surface area contributed by atoms with Crippen molar-refractivity contribution in [2.24, 2.45) is 22.9 Å². The lowest BCUT2D eigenvalue weighted by atomic mass is 9.55. The number of hydrogen-bond acceptors (Lipinski definition) is 10. The highest BCUT2D eigenvalue weighted by Crippen LogP contribution is 2.62. The van der Waals surface area contributed by atoms with Crippen LogP contribution in [0.25, 0.3) is 0 Å². The standard InChI is InChI=1S/C49H61FN2O9/c1-6-22-52(47(55)33-18-20-42-43(27-33)58-31-57-42)44-29-40(51-61-48(3,4)5)37-26-32(14-10-12-23-53)36(16-11-13-24-54)45-38-28-35(56-30-34-15-8-9-17-39(34)50)19-21-41(38)60-49(44,46(37)45)59-25-7-2/h7-9,15,17-21,26-28,32,36,44-46,53-54H,2,6,10-14,16,22-25,29-31H2,1,3-5H3. The Morgan fingerprint density at radius 1 is 1.00 bits per heavy atom. The van der Waals surface area contributed by atoms with E-state index in [1.165, 1.54) is 6.07 Å². The minimum atomic E-state index is -1.42. The van der Waals surface area contributed by atoms with Gasteiger partial charge in [-0.3, -0.25) is 4.79 Å². The van der Waals surface area contributed by atoms with Crippen LogP contribution in [0.2, 0.25) is 0 Å². The maximum absolute atomic E-state index is 15.1. The van der Waals surface area contributed by atoms with Gasteiger partial charge >= 0.3 is 0 Å². The average molecular weight is 841 g/mol. The fraction of sp³-hybridized carbons (Fsp3) is 0.510.